The van der Waals surface area contributed by atoms with Gasteiger partial charge in [-0.2, -0.15) is 5.26 Å². The van der Waals surface area contributed by atoms with Crippen molar-refractivity contribution in [2.24, 2.45) is 0 Å². The van der Waals surface area contributed by atoms with E-state index in [2.05, 4.69) is 11.1 Å². The molecular weight excluding hydrogens is 232 g/mol. The molecule has 0 aliphatic rings. The molecule has 0 radical (unpaired) electrons. The van der Waals surface area contributed by atoms with Crippen LogP contribution in [0.2, 0.25) is 0 Å². The lowest BCUT2D eigenvalue weighted by Gasteiger charge is -2.03. The summed E-state index contributed by atoms with van der Waals surface area (Å²) in [5, 5.41) is 9.61. The largest absolute Gasteiger partial charge is 0.497 e. The van der Waals surface area contributed by atoms with Crippen LogP contribution in [0, 0.1) is 11.3 Å². The van der Waals surface area contributed by atoms with Crippen molar-refractivity contribution in [3.8, 4) is 11.8 Å². The molecule has 0 amide bonds. The Kier molecular flexibility index (Phi) is 3.63. The maximum atomic E-state index is 8.80. The van der Waals surface area contributed by atoms with E-state index >= 15 is 0 Å². The van der Waals surface area contributed by atoms with E-state index in [1.807, 2.05) is 24.3 Å². The van der Waals surface area contributed by atoms with Crippen LogP contribution in [0.3, 0.4) is 0 Å². The molecule has 0 N–H and O–H groups in total. The first-order valence-electron chi connectivity index (χ1n) is 5.00. The SMILES string of the molecule is COc1cccc(Sc2cc(C#N)ccn2)c1. The smallest absolute Gasteiger partial charge is 0.119 e. The van der Waals surface area contributed by atoms with E-state index in [0.29, 0.717) is 5.56 Å². The van der Waals surface area contributed by atoms with Crippen molar-refractivity contribution >= 4 is 11.8 Å². The Hall–Kier alpha value is -1.99. The maximum Gasteiger partial charge on any atom is 0.119 e. The molecule has 17 heavy (non-hydrogen) atoms. The molecule has 1 aromatic carbocycles. The Bertz CT molecular complexity index is 563. The minimum Gasteiger partial charge on any atom is -0.497 e. The predicted molar refractivity (Wildman–Crippen MR) is 66.1 cm³/mol. The second-order valence-electron chi connectivity index (χ2n) is 3.28. The average Bonchev–Trinajstić information content (AvgIpc) is 2.39. The van der Waals surface area contributed by atoms with E-state index in [1.54, 1.807) is 25.4 Å². The molecule has 3 nitrogen and oxygen atoms in total. The highest BCUT2D eigenvalue weighted by Crippen LogP contribution is 2.28. The number of nitriles is 1. The number of pyridine rings is 1. The van der Waals surface area contributed by atoms with Gasteiger partial charge in [0.2, 0.25) is 0 Å². The summed E-state index contributed by atoms with van der Waals surface area (Å²) in [4.78, 5) is 5.24. The van der Waals surface area contributed by atoms with E-state index in [4.69, 9.17) is 10.00 Å². The molecule has 0 spiro atoms. The third-order valence-electron chi connectivity index (χ3n) is 2.13. The molecule has 4 heteroatoms. The molecular formula is C13H10N2OS. The van der Waals surface area contributed by atoms with Gasteiger partial charge in [0.05, 0.1) is 18.7 Å². The van der Waals surface area contributed by atoms with Gasteiger partial charge in [-0.1, -0.05) is 17.8 Å². The Labute approximate surface area is 104 Å². The first-order valence-corrected chi connectivity index (χ1v) is 5.81. The molecule has 84 valence electrons. The molecule has 0 fully saturated rings. The fourth-order valence-electron chi connectivity index (χ4n) is 1.32. The number of hydrogen-bond acceptors (Lipinski definition) is 4. The van der Waals surface area contributed by atoms with Gasteiger partial charge in [-0.3, -0.25) is 0 Å². The van der Waals surface area contributed by atoms with Crippen molar-refractivity contribution in [1.82, 2.24) is 4.98 Å². The molecule has 0 aliphatic heterocycles. The van der Waals surface area contributed by atoms with Crippen molar-refractivity contribution in [3.63, 3.8) is 0 Å². The van der Waals surface area contributed by atoms with Gasteiger partial charge in [0.15, 0.2) is 0 Å². The minimum atomic E-state index is 0.616. The highest BCUT2D eigenvalue weighted by Gasteiger charge is 2.01. The number of methoxy groups -OCH3 is 1. The summed E-state index contributed by atoms with van der Waals surface area (Å²) in [6.45, 7) is 0. The van der Waals surface area contributed by atoms with Crippen molar-refractivity contribution in [2.75, 3.05) is 7.11 Å². The number of ether oxygens (including phenoxy) is 1. The number of benzene rings is 1. The monoisotopic (exact) mass is 242 g/mol. The Balaban J connectivity index is 2.22. The van der Waals surface area contributed by atoms with E-state index < -0.39 is 0 Å². The fraction of sp³-hybridized carbons (Fsp3) is 0.0769. The summed E-state index contributed by atoms with van der Waals surface area (Å²) in [5.41, 5.74) is 0.616. The zero-order valence-corrected chi connectivity index (χ0v) is 10.1. The topological polar surface area (TPSA) is 45.9 Å². The summed E-state index contributed by atoms with van der Waals surface area (Å²) >= 11 is 1.50. The van der Waals surface area contributed by atoms with Gasteiger partial charge in [0.1, 0.15) is 10.8 Å². The van der Waals surface area contributed by atoms with E-state index in [9.17, 15) is 0 Å². The van der Waals surface area contributed by atoms with Gasteiger partial charge in [-0.25, -0.2) is 4.98 Å². The number of hydrogen-bond donors (Lipinski definition) is 0. The van der Waals surface area contributed by atoms with Crippen LogP contribution < -0.4 is 4.74 Å². The minimum absolute atomic E-state index is 0.616. The van der Waals surface area contributed by atoms with E-state index in [-0.39, 0.29) is 0 Å². The first kappa shape index (κ1) is 11.5. The molecule has 0 aliphatic carbocycles. The van der Waals surface area contributed by atoms with Gasteiger partial charge in [0, 0.05) is 11.1 Å². The summed E-state index contributed by atoms with van der Waals surface area (Å²) in [5.74, 6) is 0.812. The summed E-state index contributed by atoms with van der Waals surface area (Å²) in [6, 6.07) is 13.3. The zero-order chi connectivity index (χ0) is 12.1. The quantitative estimate of drug-likeness (QED) is 0.829. The van der Waals surface area contributed by atoms with Crippen LogP contribution in [0.15, 0.2) is 52.5 Å². The molecule has 0 bridgehead atoms. The molecule has 0 saturated heterocycles. The van der Waals surface area contributed by atoms with Crippen molar-refractivity contribution in [3.05, 3.63) is 48.2 Å². The third kappa shape index (κ3) is 2.99. The Morgan fingerprint density at radius 3 is 2.94 bits per heavy atom. The van der Waals surface area contributed by atoms with Gasteiger partial charge in [-0.05, 0) is 30.3 Å². The predicted octanol–water partition coefficient (Wildman–Crippen LogP) is 3.11. The van der Waals surface area contributed by atoms with Gasteiger partial charge in [-0.15, -0.1) is 0 Å². The lowest BCUT2D eigenvalue weighted by Crippen LogP contribution is -1.84. The fourth-order valence-corrected chi connectivity index (χ4v) is 2.18. The molecule has 1 aromatic heterocycles. The second kappa shape index (κ2) is 5.37. The average molecular weight is 242 g/mol. The highest BCUT2D eigenvalue weighted by molar-refractivity contribution is 7.99. The van der Waals surface area contributed by atoms with Crippen LogP contribution in [-0.4, -0.2) is 12.1 Å². The van der Waals surface area contributed by atoms with Crippen molar-refractivity contribution < 1.29 is 4.74 Å². The first-order chi connectivity index (χ1) is 8.31. The van der Waals surface area contributed by atoms with Gasteiger partial charge >= 0.3 is 0 Å². The standard InChI is InChI=1S/C13H10N2OS/c1-16-11-3-2-4-12(8-11)17-13-7-10(9-14)5-6-15-13/h2-8H,1H3. The molecule has 0 atom stereocenters. The number of nitrogens with zero attached hydrogens (tertiary/aromatic N) is 2. The van der Waals surface area contributed by atoms with Crippen LogP contribution in [0.25, 0.3) is 0 Å². The summed E-state index contributed by atoms with van der Waals surface area (Å²) in [6.07, 6.45) is 1.64. The van der Waals surface area contributed by atoms with Crippen molar-refractivity contribution in [2.45, 2.75) is 9.92 Å². The van der Waals surface area contributed by atoms with Gasteiger partial charge < -0.3 is 4.74 Å². The second-order valence-corrected chi connectivity index (χ2v) is 4.37. The Morgan fingerprint density at radius 2 is 2.18 bits per heavy atom. The maximum absolute atomic E-state index is 8.80. The Morgan fingerprint density at radius 1 is 1.29 bits per heavy atom. The van der Waals surface area contributed by atoms with E-state index in [1.165, 1.54) is 11.8 Å². The normalized spacial score (nSPS) is 9.65. The van der Waals surface area contributed by atoms with Gasteiger partial charge in [0.25, 0.3) is 0 Å². The van der Waals surface area contributed by atoms with Crippen molar-refractivity contribution in [1.29, 1.82) is 5.26 Å². The van der Waals surface area contributed by atoms with Crippen LogP contribution in [0.5, 0.6) is 5.75 Å². The van der Waals surface area contributed by atoms with Crippen LogP contribution >= 0.6 is 11.8 Å². The lowest BCUT2D eigenvalue weighted by atomic mass is 10.3. The number of rotatable bonds is 3. The lowest BCUT2D eigenvalue weighted by molar-refractivity contribution is 0.413. The van der Waals surface area contributed by atoms with Crippen LogP contribution in [0.1, 0.15) is 5.56 Å². The molecule has 0 unspecified atom stereocenters. The third-order valence-corrected chi connectivity index (χ3v) is 3.05. The van der Waals surface area contributed by atoms with Crippen LogP contribution in [0.4, 0.5) is 0 Å². The summed E-state index contributed by atoms with van der Waals surface area (Å²) < 4.78 is 5.15. The van der Waals surface area contributed by atoms with Crippen LogP contribution in [-0.2, 0) is 0 Å². The number of aromatic nitrogens is 1. The summed E-state index contributed by atoms with van der Waals surface area (Å²) in [7, 11) is 1.64. The van der Waals surface area contributed by atoms with E-state index in [0.717, 1.165) is 15.7 Å². The highest BCUT2D eigenvalue weighted by atomic mass is 32.2. The zero-order valence-electron chi connectivity index (χ0n) is 9.25. The molecule has 1 heterocycles. The molecule has 2 rings (SSSR count). The molecule has 2 aromatic rings. The molecule has 0 saturated carbocycles.